The van der Waals surface area contributed by atoms with Gasteiger partial charge in [0.25, 0.3) is 0 Å². The molecule has 2 aliphatic rings. The zero-order valence-electron chi connectivity index (χ0n) is 9.49. The highest BCUT2D eigenvalue weighted by atomic mass is 16.6. The van der Waals surface area contributed by atoms with Crippen molar-refractivity contribution in [2.45, 2.75) is 24.7 Å². The molecule has 0 amide bonds. The van der Waals surface area contributed by atoms with Crippen LogP contribution in [0.25, 0.3) is 0 Å². The fourth-order valence-corrected chi connectivity index (χ4v) is 2.78. The van der Waals surface area contributed by atoms with Gasteiger partial charge in [0.2, 0.25) is 0 Å². The van der Waals surface area contributed by atoms with Gasteiger partial charge >= 0.3 is 11.9 Å². The average Bonchev–Trinajstić information content (AvgIpc) is 2.82. The molecule has 1 aliphatic carbocycles. The third kappa shape index (κ3) is 1.30. The van der Waals surface area contributed by atoms with Crippen LogP contribution in [-0.2, 0) is 26.2 Å². The summed E-state index contributed by atoms with van der Waals surface area (Å²) in [5.41, 5.74) is 1.26. The number of hydrogen-bond acceptors (Lipinski definition) is 4. The van der Waals surface area contributed by atoms with E-state index in [4.69, 9.17) is 9.47 Å². The molecule has 1 spiro atoms. The molecular weight excluding hydrogens is 220 g/mol. The minimum Gasteiger partial charge on any atom is -0.497 e. The van der Waals surface area contributed by atoms with E-state index >= 15 is 0 Å². The van der Waals surface area contributed by atoms with Gasteiger partial charge < -0.3 is 9.47 Å². The number of ether oxygens (including phenoxy) is 2. The Morgan fingerprint density at radius 1 is 1.35 bits per heavy atom. The summed E-state index contributed by atoms with van der Waals surface area (Å²) in [6.07, 6.45) is 1.62. The van der Waals surface area contributed by atoms with Crippen LogP contribution in [0.5, 0.6) is 5.75 Å². The minimum absolute atomic E-state index is 0.159. The number of fused-ring (bicyclic) bond motifs is 2. The molecule has 4 nitrogen and oxygen atoms in total. The summed E-state index contributed by atoms with van der Waals surface area (Å²) in [6.45, 7) is 0. The molecule has 1 aromatic carbocycles. The van der Waals surface area contributed by atoms with Crippen LogP contribution in [0, 0.1) is 0 Å². The van der Waals surface area contributed by atoms with Gasteiger partial charge in [-0.15, -0.1) is 0 Å². The molecule has 1 unspecified atom stereocenters. The highest BCUT2D eigenvalue weighted by molar-refractivity contribution is 6.02. The van der Waals surface area contributed by atoms with Gasteiger partial charge in [0.1, 0.15) is 11.2 Å². The molecule has 88 valence electrons. The van der Waals surface area contributed by atoms with Crippen LogP contribution in [0.2, 0.25) is 0 Å². The van der Waals surface area contributed by atoms with Crippen molar-refractivity contribution >= 4 is 11.9 Å². The molecule has 0 N–H and O–H groups in total. The van der Waals surface area contributed by atoms with E-state index in [0.29, 0.717) is 12.2 Å². The lowest BCUT2D eigenvalue weighted by Crippen LogP contribution is -2.28. The molecule has 1 aromatic rings. The lowest BCUT2D eigenvalue weighted by molar-refractivity contribution is -0.153. The number of rotatable bonds is 1. The Kier molecular flexibility index (Phi) is 2.02. The number of carbonyl (C=O) groups is 2. The van der Waals surface area contributed by atoms with Crippen molar-refractivity contribution in [3.63, 3.8) is 0 Å². The van der Waals surface area contributed by atoms with Crippen molar-refractivity contribution in [3.05, 3.63) is 29.3 Å². The van der Waals surface area contributed by atoms with Crippen molar-refractivity contribution in [3.8, 4) is 5.75 Å². The second-order valence-electron chi connectivity index (χ2n) is 4.54. The van der Waals surface area contributed by atoms with Gasteiger partial charge in [-0.1, -0.05) is 6.07 Å². The van der Waals surface area contributed by atoms with Crippen molar-refractivity contribution in [1.82, 2.24) is 0 Å². The molecular formula is C13H12O4. The van der Waals surface area contributed by atoms with Crippen LogP contribution in [0.15, 0.2) is 18.2 Å². The number of esters is 2. The standard InChI is InChI=1S/C13H12O4/c1-16-9-3-2-8-4-5-13(10(8)6-9)7-11(14)17-12(13)15/h2-3,6H,4-5,7H2,1H3. The normalized spacial score (nSPS) is 26.2. The molecule has 1 fully saturated rings. The second kappa shape index (κ2) is 3.32. The first-order valence-corrected chi connectivity index (χ1v) is 5.58. The van der Waals surface area contributed by atoms with Crippen LogP contribution in [0.4, 0.5) is 0 Å². The number of hydrogen-bond donors (Lipinski definition) is 0. The fraction of sp³-hybridized carbons (Fsp3) is 0.385. The van der Waals surface area contributed by atoms with E-state index in [0.717, 1.165) is 17.5 Å². The Morgan fingerprint density at radius 2 is 2.18 bits per heavy atom. The summed E-state index contributed by atoms with van der Waals surface area (Å²) in [7, 11) is 1.58. The summed E-state index contributed by atoms with van der Waals surface area (Å²) >= 11 is 0. The Hall–Kier alpha value is -1.84. The Morgan fingerprint density at radius 3 is 2.82 bits per heavy atom. The van der Waals surface area contributed by atoms with Gasteiger partial charge in [0.05, 0.1) is 13.5 Å². The topological polar surface area (TPSA) is 52.6 Å². The zero-order chi connectivity index (χ0) is 12.0. The number of cyclic esters (lactones) is 2. The molecule has 3 rings (SSSR count). The van der Waals surface area contributed by atoms with Crippen molar-refractivity contribution < 1.29 is 19.1 Å². The molecule has 1 heterocycles. The van der Waals surface area contributed by atoms with Crippen LogP contribution < -0.4 is 4.74 Å². The molecule has 1 atom stereocenters. The highest BCUT2D eigenvalue weighted by Gasteiger charge is 2.53. The van der Waals surface area contributed by atoms with Crippen molar-refractivity contribution in [2.24, 2.45) is 0 Å². The predicted octanol–water partition coefficient (Wildman–Crippen LogP) is 1.35. The lowest BCUT2D eigenvalue weighted by atomic mass is 9.80. The summed E-state index contributed by atoms with van der Waals surface area (Å²) in [5, 5.41) is 0. The Labute approximate surface area is 98.5 Å². The number of carbonyl (C=O) groups excluding carboxylic acids is 2. The quantitative estimate of drug-likeness (QED) is 0.541. The number of aryl methyl sites for hydroxylation is 1. The summed E-state index contributed by atoms with van der Waals surface area (Å²) in [4.78, 5) is 23.2. The largest absolute Gasteiger partial charge is 0.497 e. The average molecular weight is 232 g/mol. The van der Waals surface area contributed by atoms with E-state index in [-0.39, 0.29) is 6.42 Å². The van der Waals surface area contributed by atoms with E-state index in [1.54, 1.807) is 7.11 Å². The first kappa shape index (κ1) is 10.3. The van der Waals surface area contributed by atoms with Gasteiger partial charge in [-0.3, -0.25) is 9.59 Å². The second-order valence-corrected chi connectivity index (χ2v) is 4.54. The zero-order valence-corrected chi connectivity index (χ0v) is 9.49. The maximum Gasteiger partial charge on any atom is 0.324 e. The van der Waals surface area contributed by atoms with Gasteiger partial charge in [-0.25, -0.2) is 0 Å². The molecule has 17 heavy (non-hydrogen) atoms. The monoisotopic (exact) mass is 232 g/mol. The van der Waals surface area contributed by atoms with Crippen LogP contribution in [0.1, 0.15) is 24.0 Å². The molecule has 0 radical (unpaired) electrons. The number of benzene rings is 1. The van der Waals surface area contributed by atoms with E-state index in [2.05, 4.69) is 0 Å². The first-order valence-electron chi connectivity index (χ1n) is 5.58. The van der Waals surface area contributed by atoms with Gasteiger partial charge in [-0.2, -0.15) is 0 Å². The first-order chi connectivity index (χ1) is 8.15. The molecule has 0 aromatic heterocycles. The summed E-state index contributed by atoms with van der Waals surface area (Å²) in [5.74, 6) is -0.127. The van der Waals surface area contributed by atoms with Crippen molar-refractivity contribution in [2.75, 3.05) is 7.11 Å². The third-order valence-corrected chi connectivity index (χ3v) is 3.70. The van der Waals surface area contributed by atoms with Gasteiger partial charge in [0.15, 0.2) is 0 Å². The smallest absolute Gasteiger partial charge is 0.324 e. The summed E-state index contributed by atoms with van der Waals surface area (Å²) < 4.78 is 9.88. The highest BCUT2D eigenvalue weighted by Crippen LogP contribution is 2.46. The minimum atomic E-state index is -0.749. The SMILES string of the molecule is COc1ccc2c(c1)C1(CC2)CC(=O)OC1=O. The van der Waals surface area contributed by atoms with Crippen LogP contribution >= 0.6 is 0 Å². The molecule has 0 saturated carbocycles. The van der Waals surface area contributed by atoms with Crippen LogP contribution in [0.3, 0.4) is 0 Å². The predicted molar refractivity (Wildman–Crippen MR) is 58.7 cm³/mol. The van der Waals surface area contributed by atoms with E-state index in [1.807, 2.05) is 18.2 Å². The maximum atomic E-state index is 11.9. The maximum absolute atomic E-state index is 11.9. The van der Waals surface area contributed by atoms with Crippen molar-refractivity contribution in [1.29, 1.82) is 0 Å². The third-order valence-electron chi connectivity index (χ3n) is 3.70. The Balaban J connectivity index is 2.14. The van der Waals surface area contributed by atoms with E-state index < -0.39 is 17.4 Å². The van der Waals surface area contributed by atoms with E-state index in [9.17, 15) is 9.59 Å². The fourth-order valence-electron chi connectivity index (χ4n) is 2.78. The lowest BCUT2D eigenvalue weighted by Gasteiger charge is -2.18. The molecule has 0 bridgehead atoms. The Bertz CT molecular complexity index is 520. The molecule has 1 aliphatic heterocycles. The molecule has 1 saturated heterocycles. The summed E-state index contributed by atoms with van der Waals surface area (Å²) in [6, 6.07) is 5.68. The van der Waals surface area contributed by atoms with E-state index in [1.165, 1.54) is 0 Å². The van der Waals surface area contributed by atoms with Crippen LogP contribution in [-0.4, -0.2) is 19.0 Å². The molecule has 4 heteroatoms. The van der Waals surface area contributed by atoms with Gasteiger partial charge in [0, 0.05) is 0 Å². The number of methoxy groups -OCH3 is 1. The van der Waals surface area contributed by atoms with Gasteiger partial charge in [-0.05, 0) is 36.1 Å².